The Morgan fingerprint density at radius 1 is 1.22 bits per heavy atom. The van der Waals surface area contributed by atoms with Crippen molar-refractivity contribution >= 4 is 39.8 Å². The van der Waals surface area contributed by atoms with Crippen molar-refractivity contribution in [3.63, 3.8) is 0 Å². The van der Waals surface area contributed by atoms with E-state index in [1.165, 1.54) is 6.92 Å². The predicted molar refractivity (Wildman–Crippen MR) is 104 cm³/mol. The van der Waals surface area contributed by atoms with Crippen molar-refractivity contribution in [2.24, 2.45) is 4.99 Å². The van der Waals surface area contributed by atoms with Gasteiger partial charge in [0.05, 0.1) is 12.2 Å². The van der Waals surface area contributed by atoms with Crippen LogP contribution in [0.4, 0.5) is 0 Å². The van der Waals surface area contributed by atoms with E-state index in [0.29, 0.717) is 29.2 Å². The van der Waals surface area contributed by atoms with Crippen LogP contribution in [-0.4, -0.2) is 24.4 Å². The Labute approximate surface area is 164 Å². The minimum absolute atomic E-state index is 0.170. The molecule has 0 spiro atoms. The number of esters is 2. The summed E-state index contributed by atoms with van der Waals surface area (Å²) < 4.78 is 16.7. The number of nitrogens with zero attached hydrogens (tertiary/aromatic N) is 1. The molecule has 0 saturated heterocycles. The minimum Gasteiger partial charge on any atom is -0.490 e. The Balaban J connectivity index is 1.93. The molecule has 0 atom stereocenters. The van der Waals surface area contributed by atoms with Crippen molar-refractivity contribution in [1.29, 1.82) is 0 Å². The fourth-order valence-corrected chi connectivity index (χ4v) is 2.89. The fourth-order valence-electron chi connectivity index (χ4n) is 2.44. The molecule has 1 heterocycles. The summed E-state index contributed by atoms with van der Waals surface area (Å²) in [5, 5.41) is 0. The van der Waals surface area contributed by atoms with Crippen LogP contribution in [0.25, 0.3) is 6.08 Å². The van der Waals surface area contributed by atoms with Gasteiger partial charge in [0.2, 0.25) is 5.90 Å². The molecule has 0 amide bonds. The highest BCUT2D eigenvalue weighted by Gasteiger charge is 2.25. The second kappa shape index (κ2) is 8.18. The number of rotatable bonds is 5. The zero-order valence-electron chi connectivity index (χ0n) is 14.7. The zero-order valence-corrected chi connectivity index (χ0v) is 16.3. The maximum atomic E-state index is 12.2. The van der Waals surface area contributed by atoms with Gasteiger partial charge in [-0.15, -0.1) is 0 Å². The van der Waals surface area contributed by atoms with Crippen molar-refractivity contribution in [2.45, 2.75) is 13.8 Å². The van der Waals surface area contributed by atoms with E-state index in [1.54, 1.807) is 30.3 Å². The summed E-state index contributed by atoms with van der Waals surface area (Å²) in [5.41, 5.74) is 1.52. The standard InChI is InChI=1S/C20H16BrNO5/c1-3-25-18-11-13(8-9-17(18)26-12(2)23)10-16-20(24)27-19(22-16)14-6-4-5-7-15(14)21/h4-11H,3H2,1-2H3/b16-10-. The Morgan fingerprint density at radius 2 is 2.00 bits per heavy atom. The van der Waals surface area contributed by atoms with E-state index >= 15 is 0 Å². The quantitative estimate of drug-likeness (QED) is 0.406. The smallest absolute Gasteiger partial charge is 0.363 e. The Hall–Kier alpha value is -2.93. The fraction of sp³-hybridized carbons (Fsp3) is 0.150. The maximum absolute atomic E-state index is 12.2. The summed E-state index contributed by atoms with van der Waals surface area (Å²) >= 11 is 3.42. The summed E-state index contributed by atoms with van der Waals surface area (Å²) in [7, 11) is 0. The van der Waals surface area contributed by atoms with Gasteiger partial charge in [-0.25, -0.2) is 9.79 Å². The van der Waals surface area contributed by atoms with Crippen LogP contribution in [0.3, 0.4) is 0 Å². The number of carbonyl (C=O) groups is 2. The van der Waals surface area contributed by atoms with Crippen LogP contribution in [0.15, 0.2) is 57.6 Å². The van der Waals surface area contributed by atoms with Crippen molar-refractivity contribution in [1.82, 2.24) is 0 Å². The lowest BCUT2D eigenvalue weighted by atomic mass is 10.1. The summed E-state index contributed by atoms with van der Waals surface area (Å²) in [6, 6.07) is 12.3. The molecule has 7 heteroatoms. The first-order valence-electron chi connectivity index (χ1n) is 8.20. The van der Waals surface area contributed by atoms with Gasteiger partial charge in [-0.1, -0.05) is 18.2 Å². The lowest BCUT2D eigenvalue weighted by Crippen LogP contribution is -2.06. The average Bonchev–Trinajstić information content (AvgIpc) is 2.98. The Kier molecular flexibility index (Phi) is 5.71. The first kappa shape index (κ1) is 18.8. The van der Waals surface area contributed by atoms with Crippen molar-refractivity contribution in [2.75, 3.05) is 6.61 Å². The normalized spacial score (nSPS) is 14.7. The molecule has 0 unspecified atom stereocenters. The van der Waals surface area contributed by atoms with Crippen molar-refractivity contribution in [3.05, 3.63) is 63.8 Å². The van der Waals surface area contributed by atoms with Gasteiger partial charge in [0.1, 0.15) is 0 Å². The average molecular weight is 430 g/mol. The van der Waals surface area contributed by atoms with E-state index in [0.717, 1.165) is 4.47 Å². The van der Waals surface area contributed by atoms with Gasteiger partial charge in [0.25, 0.3) is 0 Å². The second-order valence-electron chi connectivity index (χ2n) is 5.55. The van der Waals surface area contributed by atoms with Crippen LogP contribution >= 0.6 is 15.9 Å². The molecule has 0 fully saturated rings. The monoisotopic (exact) mass is 429 g/mol. The molecule has 1 aliphatic heterocycles. The third kappa shape index (κ3) is 4.43. The van der Waals surface area contributed by atoms with E-state index in [-0.39, 0.29) is 11.6 Å². The molecule has 2 aromatic carbocycles. The number of hydrogen-bond acceptors (Lipinski definition) is 6. The summed E-state index contributed by atoms with van der Waals surface area (Å²) in [6.45, 7) is 3.55. The second-order valence-corrected chi connectivity index (χ2v) is 6.40. The number of aliphatic imine (C=N–C) groups is 1. The van der Waals surface area contributed by atoms with Crippen molar-refractivity contribution in [3.8, 4) is 11.5 Å². The van der Waals surface area contributed by atoms with Gasteiger partial charge in [0, 0.05) is 11.4 Å². The van der Waals surface area contributed by atoms with Gasteiger partial charge >= 0.3 is 11.9 Å². The molecule has 27 heavy (non-hydrogen) atoms. The van der Waals surface area contributed by atoms with Crippen LogP contribution in [0.1, 0.15) is 25.0 Å². The number of hydrogen-bond donors (Lipinski definition) is 0. The lowest BCUT2D eigenvalue weighted by molar-refractivity contribution is -0.132. The highest BCUT2D eigenvalue weighted by molar-refractivity contribution is 9.10. The van der Waals surface area contributed by atoms with E-state index in [1.807, 2.05) is 25.1 Å². The van der Waals surface area contributed by atoms with Crippen LogP contribution < -0.4 is 9.47 Å². The highest BCUT2D eigenvalue weighted by Crippen LogP contribution is 2.30. The first-order chi connectivity index (χ1) is 13.0. The van der Waals surface area contributed by atoms with Crippen LogP contribution in [0.2, 0.25) is 0 Å². The molecular weight excluding hydrogens is 414 g/mol. The molecule has 1 aliphatic rings. The van der Waals surface area contributed by atoms with E-state index < -0.39 is 11.9 Å². The van der Waals surface area contributed by atoms with Crippen LogP contribution in [0, 0.1) is 0 Å². The third-order valence-corrected chi connectivity index (χ3v) is 4.24. The molecule has 0 aromatic heterocycles. The van der Waals surface area contributed by atoms with Gasteiger partial charge < -0.3 is 14.2 Å². The SMILES string of the molecule is CCOc1cc(/C=C2\N=C(c3ccccc3Br)OC2=O)ccc1OC(C)=O. The molecule has 138 valence electrons. The maximum Gasteiger partial charge on any atom is 0.363 e. The molecule has 0 aliphatic carbocycles. The Morgan fingerprint density at radius 3 is 2.70 bits per heavy atom. The summed E-state index contributed by atoms with van der Waals surface area (Å²) in [6.07, 6.45) is 1.59. The zero-order chi connectivity index (χ0) is 19.4. The first-order valence-corrected chi connectivity index (χ1v) is 9.00. The minimum atomic E-state index is -0.539. The molecule has 0 radical (unpaired) electrons. The summed E-state index contributed by atoms with van der Waals surface area (Å²) in [4.78, 5) is 27.7. The lowest BCUT2D eigenvalue weighted by Gasteiger charge is -2.10. The predicted octanol–water partition coefficient (Wildman–Crippen LogP) is 4.12. The molecule has 3 rings (SSSR count). The van der Waals surface area contributed by atoms with Crippen LogP contribution in [0.5, 0.6) is 11.5 Å². The number of cyclic esters (lactones) is 1. The van der Waals surface area contributed by atoms with Crippen molar-refractivity contribution < 1.29 is 23.8 Å². The molecule has 0 bridgehead atoms. The third-order valence-electron chi connectivity index (χ3n) is 3.55. The van der Waals surface area contributed by atoms with Gasteiger partial charge in [-0.2, -0.15) is 0 Å². The number of carbonyl (C=O) groups excluding carboxylic acids is 2. The largest absolute Gasteiger partial charge is 0.490 e. The van der Waals surface area contributed by atoms with E-state index in [2.05, 4.69) is 20.9 Å². The number of halogens is 1. The summed E-state index contributed by atoms with van der Waals surface area (Å²) in [5.74, 6) is -0.0199. The van der Waals surface area contributed by atoms with Gasteiger partial charge in [0.15, 0.2) is 17.2 Å². The van der Waals surface area contributed by atoms with Gasteiger partial charge in [-0.05, 0) is 58.8 Å². The van der Waals surface area contributed by atoms with E-state index in [9.17, 15) is 9.59 Å². The van der Waals surface area contributed by atoms with Crippen LogP contribution in [-0.2, 0) is 14.3 Å². The number of benzene rings is 2. The Bertz CT molecular complexity index is 965. The van der Waals surface area contributed by atoms with Gasteiger partial charge in [-0.3, -0.25) is 4.79 Å². The molecule has 6 nitrogen and oxygen atoms in total. The highest BCUT2D eigenvalue weighted by atomic mass is 79.9. The molecule has 2 aromatic rings. The molecule has 0 saturated carbocycles. The number of ether oxygens (including phenoxy) is 3. The molecular formula is C20H16BrNO5. The molecule has 0 N–H and O–H groups in total. The topological polar surface area (TPSA) is 74.2 Å². The van der Waals surface area contributed by atoms with E-state index in [4.69, 9.17) is 14.2 Å².